The predicted octanol–water partition coefficient (Wildman–Crippen LogP) is 3.84. The van der Waals surface area contributed by atoms with Crippen molar-refractivity contribution in [3.05, 3.63) is 22.7 Å². The Morgan fingerprint density at radius 1 is 1.12 bits per heavy atom. The van der Waals surface area contributed by atoms with Crippen molar-refractivity contribution in [2.75, 3.05) is 25.1 Å². The molecule has 88 valence electrons. The lowest BCUT2D eigenvalue weighted by Crippen LogP contribution is -2.24. The van der Waals surface area contributed by atoms with Crippen molar-refractivity contribution in [2.24, 2.45) is 0 Å². The minimum Gasteiger partial charge on any atom is -0.495 e. The van der Waals surface area contributed by atoms with E-state index < -0.39 is 0 Å². The molecule has 1 aliphatic rings. The van der Waals surface area contributed by atoms with Gasteiger partial charge in [0.2, 0.25) is 0 Å². The standard InChI is InChI=1S/C13H18BrNO/c1-16-13-7-6-11(14)10-12(13)15-8-4-2-3-5-9-15/h6-7,10H,2-5,8-9H2,1H3. The first-order valence-electron chi connectivity index (χ1n) is 5.90. The van der Waals surface area contributed by atoms with Gasteiger partial charge in [0.05, 0.1) is 12.8 Å². The zero-order chi connectivity index (χ0) is 11.4. The second-order valence-electron chi connectivity index (χ2n) is 4.22. The van der Waals surface area contributed by atoms with Crippen LogP contribution >= 0.6 is 15.9 Å². The van der Waals surface area contributed by atoms with Gasteiger partial charge in [-0.3, -0.25) is 0 Å². The van der Waals surface area contributed by atoms with Crippen LogP contribution in [-0.4, -0.2) is 20.2 Å². The molecular weight excluding hydrogens is 266 g/mol. The van der Waals surface area contributed by atoms with Gasteiger partial charge in [0.25, 0.3) is 0 Å². The Morgan fingerprint density at radius 3 is 2.44 bits per heavy atom. The first-order valence-corrected chi connectivity index (χ1v) is 6.69. The van der Waals surface area contributed by atoms with E-state index in [1.54, 1.807) is 7.11 Å². The van der Waals surface area contributed by atoms with Gasteiger partial charge in [-0.05, 0) is 31.0 Å². The molecule has 0 atom stereocenters. The Morgan fingerprint density at radius 2 is 1.81 bits per heavy atom. The van der Waals surface area contributed by atoms with Crippen LogP contribution in [0.15, 0.2) is 22.7 Å². The van der Waals surface area contributed by atoms with Gasteiger partial charge in [0.1, 0.15) is 5.75 Å². The quantitative estimate of drug-likeness (QED) is 0.818. The molecular formula is C13H18BrNO. The molecule has 1 heterocycles. The lowest BCUT2D eigenvalue weighted by Gasteiger charge is -2.24. The molecule has 0 N–H and O–H groups in total. The zero-order valence-corrected chi connectivity index (χ0v) is 11.3. The van der Waals surface area contributed by atoms with Crippen LogP contribution in [0.4, 0.5) is 5.69 Å². The van der Waals surface area contributed by atoms with Crippen molar-refractivity contribution in [3.8, 4) is 5.75 Å². The summed E-state index contributed by atoms with van der Waals surface area (Å²) in [5.74, 6) is 0.977. The Bertz CT molecular complexity index is 346. The van der Waals surface area contributed by atoms with Gasteiger partial charge >= 0.3 is 0 Å². The van der Waals surface area contributed by atoms with Crippen LogP contribution in [0.5, 0.6) is 5.75 Å². The molecule has 3 heteroatoms. The second-order valence-corrected chi connectivity index (χ2v) is 5.13. The molecule has 1 saturated heterocycles. The van der Waals surface area contributed by atoms with Gasteiger partial charge < -0.3 is 9.64 Å². The molecule has 0 aliphatic carbocycles. The molecule has 0 radical (unpaired) electrons. The predicted molar refractivity (Wildman–Crippen MR) is 71.4 cm³/mol. The third-order valence-electron chi connectivity index (χ3n) is 3.09. The highest BCUT2D eigenvalue weighted by Crippen LogP contribution is 2.32. The average molecular weight is 284 g/mol. The monoisotopic (exact) mass is 283 g/mol. The molecule has 0 amide bonds. The summed E-state index contributed by atoms with van der Waals surface area (Å²) in [7, 11) is 1.74. The molecule has 2 nitrogen and oxygen atoms in total. The summed E-state index contributed by atoms with van der Waals surface area (Å²) in [6.07, 6.45) is 5.28. The summed E-state index contributed by atoms with van der Waals surface area (Å²) in [6, 6.07) is 6.22. The maximum Gasteiger partial charge on any atom is 0.142 e. The summed E-state index contributed by atoms with van der Waals surface area (Å²) in [5.41, 5.74) is 1.22. The SMILES string of the molecule is COc1ccc(Br)cc1N1CCCCCC1. The highest BCUT2D eigenvalue weighted by atomic mass is 79.9. The van der Waals surface area contributed by atoms with Crippen LogP contribution in [0.25, 0.3) is 0 Å². The van der Waals surface area contributed by atoms with Gasteiger partial charge in [0, 0.05) is 17.6 Å². The molecule has 1 fully saturated rings. The van der Waals surface area contributed by atoms with Crippen molar-refractivity contribution < 1.29 is 4.74 Å². The smallest absolute Gasteiger partial charge is 0.142 e. The van der Waals surface area contributed by atoms with E-state index in [1.807, 2.05) is 12.1 Å². The van der Waals surface area contributed by atoms with E-state index in [4.69, 9.17) is 4.74 Å². The minimum atomic E-state index is 0.977. The lowest BCUT2D eigenvalue weighted by molar-refractivity contribution is 0.414. The van der Waals surface area contributed by atoms with E-state index in [-0.39, 0.29) is 0 Å². The molecule has 0 saturated carbocycles. The number of anilines is 1. The van der Waals surface area contributed by atoms with Crippen molar-refractivity contribution in [2.45, 2.75) is 25.7 Å². The summed E-state index contributed by atoms with van der Waals surface area (Å²) >= 11 is 3.53. The Hall–Kier alpha value is -0.700. The van der Waals surface area contributed by atoms with E-state index in [2.05, 4.69) is 26.9 Å². The fourth-order valence-corrected chi connectivity index (χ4v) is 2.57. The van der Waals surface area contributed by atoms with Gasteiger partial charge in [-0.25, -0.2) is 0 Å². The molecule has 0 spiro atoms. The van der Waals surface area contributed by atoms with E-state index in [0.29, 0.717) is 0 Å². The number of hydrogen-bond donors (Lipinski definition) is 0. The zero-order valence-electron chi connectivity index (χ0n) is 9.71. The number of halogens is 1. The number of methoxy groups -OCH3 is 1. The summed E-state index contributed by atoms with van der Waals surface area (Å²) < 4.78 is 6.55. The van der Waals surface area contributed by atoms with Crippen molar-refractivity contribution in [1.29, 1.82) is 0 Å². The summed E-state index contributed by atoms with van der Waals surface area (Å²) in [5, 5.41) is 0. The fraction of sp³-hybridized carbons (Fsp3) is 0.538. The molecule has 0 bridgehead atoms. The minimum absolute atomic E-state index is 0.977. The Balaban J connectivity index is 2.25. The molecule has 1 aromatic rings. The number of benzene rings is 1. The summed E-state index contributed by atoms with van der Waals surface area (Å²) in [4.78, 5) is 2.44. The van der Waals surface area contributed by atoms with Crippen LogP contribution in [0.1, 0.15) is 25.7 Å². The van der Waals surface area contributed by atoms with Crippen molar-refractivity contribution >= 4 is 21.6 Å². The van der Waals surface area contributed by atoms with Crippen LogP contribution in [0.2, 0.25) is 0 Å². The van der Waals surface area contributed by atoms with E-state index in [0.717, 1.165) is 23.3 Å². The highest BCUT2D eigenvalue weighted by molar-refractivity contribution is 9.10. The Labute approximate surface area is 106 Å². The fourth-order valence-electron chi connectivity index (χ4n) is 2.22. The number of rotatable bonds is 2. The van der Waals surface area contributed by atoms with Crippen molar-refractivity contribution in [1.82, 2.24) is 0 Å². The third kappa shape index (κ3) is 2.70. The first-order chi connectivity index (χ1) is 7.81. The van der Waals surface area contributed by atoms with Crippen LogP contribution in [0.3, 0.4) is 0 Å². The van der Waals surface area contributed by atoms with E-state index in [9.17, 15) is 0 Å². The third-order valence-corrected chi connectivity index (χ3v) is 3.58. The Kier molecular flexibility index (Phi) is 4.10. The molecule has 16 heavy (non-hydrogen) atoms. The normalized spacial score (nSPS) is 17.0. The van der Waals surface area contributed by atoms with Crippen LogP contribution < -0.4 is 9.64 Å². The lowest BCUT2D eigenvalue weighted by atomic mass is 10.2. The number of ether oxygens (including phenoxy) is 1. The van der Waals surface area contributed by atoms with Gasteiger partial charge in [0.15, 0.2) is 0 Å². The summed E-state index contributed by atoms with van der Waals surface area (Å²) in [6.45, 7) is 2.29. The topological polar surface area (TPSA) is 12.5 Å². The molecule has 2 rings (SSSR count). The molecule has 1 aromatic carbocycles. The molecule has 0 unspecified atom stereocenters. The maximum atomic E-state index is 5.43. The van der Waals surface area contributed by atoms with Gasteiger partial charge in [-0.2, -0.15) is 0 Å². The van der Waals surface area contributed by atoms with E-state index in [1.165, 1.54) is 31.4 Å². The molecule has 0 aromatic heterocycles. The van der Waals surface area contributed by atoms with E-state index >= 15 is 0 Å². The van der Waals surface area contributed by atoms with Crippen LogP contribution in [-0.2, 0) is 0 Å². The van der Waals surface area contributed by atoms with Crippen LogP contribution in [0, 0.1) is 0 Å². The largest absolute Gasteiger partial charge is 0.495 e. The molecule has 1 aliphatic heterocycles. The average Bonchev–Trinajstić information content (AvgIpc) is 2.57. The maximum absolute atomic E-state index is 5.43. The van der Waals surface area contributed by atoms with Gasteiger partial charge in [-0.15, -0.1) is 0 Å². The first kappa shape index (κ1) is 11.8. The number of hydrogen-bond acceptors (Lipinski definition) is 2. The second kappa shape index (κ2) is 5.58. The number of nitrogens with zero attached hydrogens (tertiary/aromatic N) is 1. The highest BCUT2D eigenvalue weighted by Gasteiger charge is 2.14. The van der Waals surface area contributed by atoms with Gasteiger partial charge in [-0.1, -0.05) is 28.8 Å². The van der Waals surface area contributed by atoms with Crippen molar-refractivity contribution in [3.63, 3.8) is 0 Å².